The second-order valence-electron chi connectivity index (χ2n) is 7.66. The summed E-state index contributed by atoms with van der Waals surface area (Å²) in [6, 6.07) is 14.9. The monoisotopic (exact) mass is 433 g/mol. The van der Waals surface area contributed by atoms with Crippen LogP contribution in [-0.2, 0) is 16.1 Å². The van der Waals surface area contributed by atoms with Crippen LogP contribution < -0.4 is 5.48 Å². The highest BCUT2D eigenvalue weighted by atomic mass is 16.5. The first-order chi connectivity index (χ1) is 15.4. The lowest BCUT2D eigenvalue weighted by Gasteiger charge is -2.34. The molecule has 0 spiro atoms. The second kappa shape index (κ2) is 11.2. The Bertz CT molecular complexity index is 1020. The van der Waals surface area contributed by atoms with E-state index in [-0.39, 0.29) is 11.7 Å². The van der Waals surface area contributed by atoms with E-state index < -0.39 is 5.91 Å². The Labute approximate surface area is 187 Å². The van der Waals surface area contributed by atoms with Crippen LogP contribution in [0.2, 0.25) is 0 Å². The Balaban J connectivity index is 1.56. The molecule has 0 aliphatic carbocycles. The maximum absolute atomic E-state index is 12.5. The quantitative estimate of drug-likeness (QED) is 0.303. The number of carbonyl (C=O) groups excluding carboxylic acids is 3. The van der Waals surface area contributed by atoms with Crippen molar-refractivity contribution in [2.45, 2.75) is 13.5 Å². The predicted molar refractivity (Wildman–Crippen MR) is 123 cm³/mol. The summed E-state index contributed by atoms with van der Waals surface area (Å²) in [7, 11) is 0. The van der Waals surface area contributed by atoms with Gasteiger partial charge in [-0.1, -0.05) is 48.5 Å². The Morgan fingerprint density at radius 1 is 0.938 bits per heavy atom. The minimum absolute atomic E-state index is 0.0905. The minimum atomic E-state index is -0.608. The lowest BCUT2D eigenvalue weighted by molar-refractivity contribution is -0.130. The van der Waals surface area contributed by atoms with Crippen LogP contribution in [0.4, 0.5) is 0 Å². The molecule has 2 aromatic rings. The minimum Gasteiger partial charge on any atom is -0.340 e. The fourth-order valence-corrected chi connectivity index (χ4v) is 3.50. The van der Waals surface area contributed by atoms with Crippen molar-refractivity contribution < 1.29 is 19.6 Å². The predicted octanol–water partition coefficient (Wildman–Crippen LogP) is 2.77. The van der Waals surface area contributed by atoms with E-state index in [2.05, 4.69) is 4.90 Å². The summed E-state index contributed by atoms with van der Waals surface area (Å²) in [5.74, 6) is -0.576. The Kier molecular flexibility index (Phi) is 8.08. The number of ketones is 1. The number of carbonyl (C=O) groups is 3. The number of nitrogens with one attached hydrogen (secondary N) is 1. The van der Waals surface area contributed by atoms with Crippen molar-refractivity contribution in [1.82, 2.24) is 15.3 Å². The third-order valence-corrected chi connectivity index (χ3v) is 5.34. The maximum atomic E-state index is 12.5. The van der Waals surface area contributed by atoms with Crippen molar-refractivity contribution in [1.29, 1.82) is 0 Å². The highest BCUT2D eigenvalue weighted by molar-refractivity contribution is 6.06. The van der Waals surface area contributed by atoms with E-state index in [1.165, 1.54) is 17.6 Å². The SMILES string of the molecule is CC(=O)N1CCN(Cc2ccc(C(=O)C=Cc3cccc(C=CC(=O)NO)c3)cc2)CC1. The lowest BCUT2D eigenvalue weighted by Crippen LogP contribution is -2.47. The maximum Gasteiger partial charge on any atom is 0.267 e. The summed E-state index contributed by atoms with van der Waals surface area (Å²) in [6.45, 7) is 5.60. The molecule has 2 N–H and O–H groups in total. The Morgan fingerprint density at radius 2 is 1.56 bits per heavy atom. The van der Waals surface area contributed by atoms with Gasteiger partial charge in [0.15, 0.2) is 5.78 Å². The number of hydrogen-bond donors (Lipinski definition) is 2. The van der Waals surface area contributed by atoms with Gasteiger partial charge in [-0.3, -0.25) is 24.5 Å². The van der Waals surface area contributed by atoms with Crippen LogP contribution in [-0.4, -0.2) is 58.8 Å². The van der Waals surface area contributed by atoms with Gasteiger partial charge >= 0.3 is 0 Å². The van der Waals surface area contributed by atoms with E-state index in [9.17, 15) is 14.4 Å². The van der Waals surface area contributed by atoms with Gasteiger partial charge in [-0.05, 0) is 34.9 Å². The summed E-state index contributed by atoms with van der Waals surface area (Å²) in [4.78, 5) is 39.2. The molecule has 3 rings (SSSR count). The van der Waals surface area contributed by atoms with Crippen molar-refractivity contribution >= 4 is 29.7 Å². The van der Waals surface area contributed by atoms with E-state index in [1.54, 1.807) is 19.1 Å². The fraction of sp³-hybridized carbons (Fsp3) is 0.240. The molecule has 0 atom stereocenters. The number of hydroxylamine groups is 1. The Morgan fingerprint density at radius 3 is 2.16 bits per heavy atom. The van der Waals surface area contributed by atoms with E-state index in [0.29, 0.717) is 5.56 Å². The molecule has 0 saturated carbocycles. The third-order valence-electron chi connectivity index (χ3n) is 5.34. The van der Waals surface area contributed by atoms with E-state index in [0.717, 1.165) is 49.4 Å². The molecule has 166 valence electrons. The zero-order chi connectivity index (χ0) is 22.9. The molecule has 7 nitrogen and oxygen atoms in total. The van der Waals surface area contributed by atoms with Crippen molar-refractivity contribution in [2.75, 3.05) is 26.2 Å². The normalized spacial score (nSPS) is 14.8. The van der Waals surface area contributed by atoms with Crippen molar-refractivity contribution in [3.8, 4) is 0 Å². The van der Waals surface area contributed by atoms with Gasteiger partial charge in [-0.2, -0.15) is 0 Å². The topological polar surface area (TPSA) is 90.0 Å². The third kappa shape index (κ3) is 6.73. The number of benzene rings is 2. The van der Waals surface area contributed by atoms with Crippen molar-refractivity contribution in [2.24, 2.45) is 0 Å². The highest BCUT2D eigenvalue weighted by Gasteiger charge is 2.18. The molecule has 0 aromatic heterocycles. The summed E-state index contributed by atoms with van der Waals surface area (Å²) >= 11 is 0. The van der Waals surface area contributed by atoms with Crippen LogP contribution in [0.5, 0.6) is 0 Å². The van der Waals surface area contributed by atoms with Gasteiger partial charge in [-0.25, -0.2) is 5.48 Å². The van der Waals surface area contributed by atoms with Crippen LogP contribution in [0.15, 0.2) is 60.7 Å². The number of nitrogens with zero attached hydrogens (tertiary/aromatic N) is 2. The summed E-state index contributed by atoms with van der Waals surface area (Å²) in [5, 5.41) is 8.53. The number of amides is 2. The zero-order valence-electron chi connectivity index (χ0n) is 18.0. The molecule has 0 radical (unpaired) electrons. The molecule has 1 fully saturated rings. The van der Waals surface area contributed by atoms with Crippen LogP contribution in [0.1, 0.15) is 34.0 Å². The van der Waals surface area contributed by atoms with E-state index >= 15 is 0 Å². The summed E-state index contributed by atoms with van der Waals surface area (Å²) in [5.41, 5.74) is 4.88. The summed E-state index contributed by atoms with van der Waals surface area (Å²) < 4.78 is 0. The molecular formula is C25H27N3O4. The van der Waals surface area contributed by atoms with E-state index in [1.807, 2.05) is 53.4 Å². The molecule has 7 heteroatoms. The smallest absolute Gasteiger partial charge is 0.267 e. The first-order valence-electron chi connectivity index (χ1n) is 10.5. The zero-order valence-corrected chi connectivity index (χ0v) is 18.0. The van der Waals surface area contributed by atoms with Crippen LogP contribution in [0, 0.1) is 0 Å². The molecule has 32 heavy (non-hydrogen) atoms. The van der Waals surface area contributed by atoms with Crippen molar-refractivity contribution in [3.63, 3.8) is 0 Å². The number of piperazine rings is 1. The number of hydrogen-bond acceptors (Lipinski definition) is 5. The lowest BCUT2D eigenvalue weighted by atomic mass is 10.1. The fourth-order valence-electron chi connectivity index (χ4n) is 3.50. The standard InChI is InChI=1S/C25H27N3O4/c1-19(29)28-15-13-27(14-16-28)18-22-5-9-23(10-6-22)24(30)11-7-20-3-2-4-21(17-20)8-12-25(31)26-32/h2-12,17,32H,13-16,18H2,1H3,(H,26,31). The Hall–Kier alpha value is -3.55. The van der Waals surface area contributed by atoms with Crippen LogP contribution in [0.3, 0.4) is 0 Å². The van der Waals surface area contributed by atoms with E-state index in [4.69, 9.17) is 5.21 Å². The van der Waals surface area contributed by atoms with Gasteiger partial charge in [0, 0.05) is 51.3 Å². The molecule has 1 heterocycles. The van der Waals surface area contributed by atoms with Gasteiger partial charge < -0.3 is 4.90 Å². The first-order valence-corrected chi connectivity index (χ1v) is 10.5. The highest BCUT2D eigenvalue weighted by Crippen LogP contribution is 2.13. The average molecular weight is 434 g/mol. The van der Waals surface area contributed by atoms with Gasteiger partial charge in [0.1, 0.15) is 0 Å². The summed E-state index contributed by atoms with van der Waals surface area (Å²) in [6.07, 6.45) is 6.05. The van der Waals surface area contributed by atoms with Gasteiger partial charge in [0.25, 0.3) is 5.91 Å². The van der Waals surface area contributed by atoms with Crippen LogP contribution >= 0.6 is 0 Å². The molecule has 1 saturated heterocycles. The average Bonchev–Trinajstić information content (AvgIpc) is 2.82. The van der Waals surface area contributed by atoms with Gasteiger partial charge in [0.05, 0.1) is 0 Å². The number of allylic oxidation sites excluding steroid dienone is 1. The first kappa shape index (κ1) is 23.1. The number of rotatable bonds is 7. The van der Waals surface area contributed by atoms with Gasteiger partial charge in [0.2, 0.25) is 5.91 Å². The molecule has 2 amide bonds. The molecule has 0 bridgehead atoms. The van der Waals surface area contributed by atoms with Crippen LogP contribution in [0.25, 0.3) is 12.2 Å². The van der Waals surface area contributed by atoms with Gasteiger partial charge in [-0.15, -0.1) is 0 Å². The molecular weight excluding hydrogens is 406 g/mol. The molecule has 1 aliphatic rings. The molecule has 2 aromatic carbocycles. The van der Waals surface area contributed by atoms with Crippen molar-refractivity contribution in [3.05, 3.63) is 82.9 Å². The molecule has 0 unspecified atom stereocenters. The second-order valence-corrected chi connectivity index (χ2v) is 7.66. The molecule has 1 aliphatic heterocycles. The largest absolute Gasteiger partial charge is 0.340 e.